The van der Waals surface area contributed by atoms with E-state index in [9.17, 15) is 14.7 Å². The Morgan fingerprint density at radius 2 is 2.33 bits per heavy atom. The van der Waals surface area contributed by atoms with E-state index in [0.29, 0.717) is 25.3 Å². The Bertz CT molecular complexity index is 482. The number of carbonyl (C=O) groups is 2. The number of likely N-dealkylation sites (tertiary alicyclic amines) is 1. The molecule has 0 aromatic carbocycles. The molecule has 0 saturated carbocycles. The summed E-state index contributed by atoms with van der Waals surface area (Å²) in [5.74, 6) is -0.141. The lowest BCUT2D eigenvalue weighted by molar-refractivity contribution is -0.167. The highest BCUT2D eigenvalue weighted by Crippen LogP contribution is 2.34. The van der Waals surface area contributed by atoms with E-state index in [1.165, 1.54) is 0 Å². The van der Waals surface area contributed by atoms with Crippen LogP contribution in [0.3, 0.4) is 0 Å². The van der Waals surface area contributed by atoms with Gasteiger partial charge in [0.05, 0.1) is 31.4 Å². The maximum absolute atomic E-state index is 12.1. The standard InChI is InChI=1S/C15H21NO5/c1-3-20-13(18)7-6-12-14(10(2)17)15(19)16(12)9-11-5-4-8-21-11/h4-5,8,10,12,14,17H,3,6-7,9H2,1-2H3. The smallest absolute Gasteiger partial charge is 0.305 e. The van der Waals surface area contributed by atoms with Gasteiger partial charge in [-0.05, 0) is 32.4 Å². The van der Waals surface area contributed by atoms with Crippen LogP contribution in [0.25, 0.3) is 0 Å². The van der Waals surface area contributed by atoms with E-state index < -0.39 is 12.0 Å². The topological polar surface area (TPSA) is 80.0 Å². The van der Waals surface area contributed by atoms with E-state index in [0.717, 1.165) is 0 Å². The summed E-state index contributed by atoms with van der Waals surface area (Å²) in [6.45, 7) is 4.07. The van der Waals surface area contributed by atoms with E-state index in [-0.39, 0.29) is 24.3 Å². The van der Waals surface area contributed by atoms with Gasteiger partial charge in [0.1, 0.15) is 5.76 Å². The molecule has 0 radical (unpaired) electrons. The van der Waals surface area contributed by atoms with Crippen LogP contribution in [-0.4, -0.2) is 40.6 Å². The molecule has 1 amide bonds. The predicted octanol–water partition coefficient (Wildman–Crippen LogP) is 1.33. The van der Waals surface area contributed by atoms with Crippen LogP contribution in [0.5, 0.6) is 0 Å². The minimum Gasteiger partial charge on any atom is -0.467 e. The summed E-state index contributed by atoms with van der Waals surface area (Å²) >= 11 is 0. The lowest BCUT2D eigenvalue weighted by Crippen LogP contribution is -2.63. The minimum absolute atomic E-state index is 0.102. The second-order valence-corrected chi connectivity index (χ2v) is 5.22. The number of hydrogen-bond acceptors (Lipinski definition) is 5. The van der Waals surface area contributed by atoms with Crippen molar-refractivity contribution >= 4 is 11.9 Å². The number of hydrogen-bond donors (Lipinski definition) is 1. The number of rotatable bonds is 7. The molecule has 0 aliphatic carbocycles. The summed E-state index contributed by atoms with van der Waals surface area (Å²) < 4.78 is 10.1. The van der Waals surface area contributed by atoms with Crippen molar-refractivity contribution in [2.45, 2.75) is 45.4 Å². The van der Waals surface area contributed by atoms with Crippen LogP contribution in [0, 0.1) is 5.92 Å². The van der Waals surface area contributed by atoms with Crippen LogP contribution in [0.15, 0.2) is 22.8 Å². The van der Waals surface area contributed by atoms with Gasteiger partial charge in [-0.15, -0.1) is 0 Å². The SMILES string of the molecule is CCOC(=O)CCC1C(C(C)O)C(=O)N1Cc1ccco1. The molecule has 21 heavy (non-hydrogen) atoms. The van der Waals surface area contributed by atoms with Crippen LogP contribution in [0.1, 0.15) is 32.4 Å². The van der Waals surface area contributed by atoms with Gasteiger partial charge in [-0.3, -0.25) is 9.59 Å². The average Bonchev–Trinajstić information content (AvgIpc) is 2.93. The van der Waals surface area contributed by atoms with E-state index in [1.54, 1.807) is 37.1 Å². The normalized spacial score (nSPS) is 22.8. The number of aliphatic hydroxyl groups is 1. The minimum atomic E-state index is -0.724. The highest BCUT2D eigenvalue weighted by atomic mass is 16.5. The first kappa shape index (κ1) is 15.6. The molecule has 0 bridgehead atoms. The third kappa shape index (κ3) is 3.44. The van der Waals surface area contributed by atoms with Crippen molar-refractivity contribution in [3.63, 3.8) is 0 Å². The molecule has 2 rings (SSSR count). The summed E-state index contributed by atoms with van der Waals surface area (Å²) in [5, 5.41) is 9.74. The molecule has 3 unspecified atom stereocenters. The van der Waals surface area contributed by atoms with E-state index >= 15 is 0 Å². The average molecular weight is 295 g/mol. The van der Waals surface area contributed by atoms with Gasteiger partial charge < -0.3 is 19.2 Å². The van der Waals surface area contributed by atoms with Crippen LogP contribution < -0.4 is 0 Å². The van der Waals surface area contributed by atoms with Gasteiger partial charge >= 0.3 is 5.97 Å². The molecule has 1 aromatic rings. The van der Waals surface area contributed by atoms with Crippen LogP contribution in [-0.2, 0) is 20.9 Å². The fraction of sp³-hybridized carbons (Fsp3) is 0.600. The fourth-order valence-corrected chi connectivity index (χ4v) is 2.76. The molecular weight excluding hydrogens is 274 g/mol. The largest absolute Gasteiger partial charge is 0.467 e. The van der Waals surface area contributed by atoms with Crippen LogP contribution in [0.4, 0.5) is 0 Å². The van der Waals surface area contributed by atoms with E-state index in [2.05, 4.69) is 0 Å². The summed E-state index contributed by atoms with van der Waals surface area (Å²) in [7, 11) is 0. The summed E-state index contributed by atoms with van der Waals surface area (Å²) in [5.41, 5.74) is 0. The third-order valence-corrected chi connectivity index (χ3v) is 3.76. The maximum atomic E-state index is 12.1. The van der Waals surface area contributed by atoms with Gasteiger partial charge in [-0.25, -0.2) is 0 Å². The Hall–Kier alpha value is -1.82. The number of nitrogens with zero attached hydrogens (tertiary/aromatic N) is 1. The fourth-order valence-electron chi connectivity index (χ4n) is 2.76. The monoisotopic (exact) mass is 295 g/mol. The molecule has 0 spiro atoms. The maximum Gasteiger partial charge on any atom is 0.305 e. The molecule has 2 heterocycles. The molecule has 1 aliphatic heterocycles. The van der Waals surface area contributed by atoms with Gasteiger partial charge in [-0.1, -0.05) is 0 Å². The molecule has 3 atom stereocenters. The number of esters is 1. The Morgan fingerprint density at radius 1 is 1.57 bits per heavy atom. The highest BCUT2D eigenvalue weighted by Gasteiger charge is 2.49. The molecule has 1 saturated heterocycles. The van der Waals surface area contributed by atoms with Gasteiger partial charge in [0.2, 0.25) is 5.91 Å². The molecule has 6 nitrogen and oxygen atoms in total. The number of aliphatic hydroxyl groups excluding tert-OH is 1. The molecule has 116 valence electrons. The Labute approximate surface area is 123 Å². The Kier molecular flexibility index (Phi) is 5.01. The molecule has 6 heteroatoms. The lowest BCUT2D eigenvalue weighted by Gasteiger charge is -2.48. The highest BCUT2D eigenvalue weighted by molar-refractivity contribution is 5.86. The number of carbonyl (C=O) groups excluding carboxylic acids is 2. The van der Waals surface area contributed by atoms with Gasteiger partial charge in [-0.2, -0.15) is 0 Å². The number of β-lactam (4-membered cyclic amide) rings is 1. The van der Waals surface area contributed by atoms with Crippen molar-refractivity contribution in [2.24, 2.45) is 5.92 Å². The van der Waals surface area contributed by atoms with Crippen molar-refractivity contribution in [3.05, 3.63) is 24.2 Å². The second kappa shape index (κ2) is 6.76. The molecular formula is C15H21NO5. The van der Waals surface area contributed by atoms with Crippen LogP contribution >= 0.6 is 0 Å². The van der Waals surface area contributed by atoms with Crippen LogP contribution in [0.2, 0.25) is 0 Å². The summed E-state index contributed by atoms with van der Waals surface area (Å²) in [4.78, 5) is 25.2. The zero-order valence-electron chi connectivity index (χ0n) is 12.3. The molecule has 1 aliphatic rings. The van der Waals surface area contributed by atoms with Crippen molar-refractivity contribution < 1.29 is 23.8 Å². The van der Waals surface area contributed by atoms with Gasteiger partial charge in [0, 0.05) is 12.5 Å². The van der Waals surface area contributed by atoms with Gasteiger partial charge in [0.15, 0.2) is 0 Å². The first-order valence-electron chi connectivity index (χ1n) is 7.21. The zero-order valence-corrected chi connectivity index (χ0v) is 12.3. The Morgan fingerprint density at radius 3 is 2.90 bits per heavy atom. The quantitative estimate of drug-likeness (QED) is 0.606. The molecule has 1 aromatic heterocycles. The lowest BCUT2D eigenvalue weighted by atomic mass is 9.80. The van der Waals surface area contributed by atoms with Crippen molar-refractivity contribution in [1.82, 2.24) is 4.90 Å². The van der Waals surface area contributed by atoms with Crippen molar-refractivity contribution in [3.8, 4) is 0 Å². The van der Waals surface area contributed by atoms with Crippen molar-refractivity contribution in [2.75, 3.05) is 6.61 Å². The number of ether oxygens (including phenoxy) is 1. The van der Waals surface area contributed by atoms with E-state index in [1.807, 2.05) is 0 Å². The first-order chi connectivity index (χ1) is 10.0. The van der Waals surface area contributed by atoms with Crippen molar-refractivity contribution in [1.29, 1.82) is 0 Å². The number of furan rings is 1. The summed E-state index contributed by atoms with van der Waals surface area (Å²) in [6, 6.07) is 3.40. The summed E-state index contributed by atoms with van der Waals surface area (Å²) in [6.07, 6.45) is 1.56. The number of amides is 1. The van der Waals surface area contributed by atoms with E-state index in [4.69, 9.17) is 9.15 Å². The predicted molar refractivity (Wildman–Crippen MR) is 74.1 cm³/mol. The first-order valence-corrected chi connectivity index (χ1v) is 7.21. The van der Waals surface area contributed by atoms with Gasteiger partial charge in [0.25, 0.3) is 0 Å². The molecule has 1 fully saturated rings. The second-order valence-electron chi connectivity index (χ2n) is 5.22. The Balaban J connectivity index is 1.97. The third-order valence-electron chi connectivity index (χ3n) is 3.76. The molecule has 1 N–H and O–H groups in total. The zero-order chi connectivity index (χ0) is 15.4.